The lowest BCUT2D eigenvalue weighted by molar-refractivity contribution is -0.133. The number of aryl methyl sites for hydroxylation is 2. The number of allylic oxidation sites excluding steroid dienone is 4. The van der Waals surface area contributed by atoms with Crippen LogP contribution in [0, 0.1) is 5.92 Å². The maximum Gasteiger partial charge on any atom is 0.347 e. The number of Topliss-reactive ketones (excluding diaryl/α,β-unsaturated/α-hetero) is 1. The van der Waals surface area contributed by atoms with Crippen LogP contribution in [0.2, 0.25) is 0 Å². The Hall–Kier alpha value is -7.22. The number of phenolic OH excluding ortho intramolecular Hbond substituents is 1. The minimum atomic E-state index is -1.55. The molecule has 14 nitrogen and oxygen atoms in total. The summed E-state index contributed by atoms with van der Waals surface area (Å²) in [6.07, 6.45) is 3.21. The molecule has 3 heterocycles. The van der Waals surface area contributed by atoms with Gasteiger partial charge in [0.05, 0.1) is 50.4 Å². The Balaban J connectivity index is 1.20. The van der Waals surface area contributed by atoms with Crippen molar-refractivity contribution in [1.29, 1.82) is 0 Å². The van der Waals surface area contributed by atoms with Crippen molar-refractivity contribution in [2.75, 3.05) is 21.3 Å². The Morgan fingerprint density at radius 2 is 1.50 bits per heavy atom. The predicted octanol–water partition coefficient (Wildman–Crippen LogP) is 4.49. The van der Waals surface area contributed by atoms with Gasteiger partial charge in [-0.2, -0.15) is 0 Å². The van der Waals surface area contributed by atoms with E-state index in [1.165, 1.54) is 41.3 Å². The van der Waals surface area contributed by atoms with Crippen LogP contribution in [0.1, 0.15) is 40.8 Å². The van der Waals surface area contributed by atoms with Crippen molar-refractivity contribution in [2.45, 2.75) is 43.3 Å². The van der Waals surface area contributed by atoms with Crippen LogP contribution in [0.15, 0.2) is 123 Å². The first-order valence-corrected chi connectivity index (χ1v) is 19.6. The number of benzene rings is 4. The molecule has 60 heavy (non-hydrogen) atoms. The van der Waals surface area contributed by atoms with Crippen LogP contribution in [0.4, 0.5) is 0 Å². The molecule has 6 aromatic rings. The highest BCUT2D eigenvalue weighted by Gasteiger charge is 2.63. The van der Waals surface area contributed by atoms with Gasteiger partial charge < -0.3 is 23.9 Å². The van der Waals surface area contributed by atoms with E-state index in [1.807, 2.05) is 42.5 Å². The third kappa shape index (κ3) is 5.53. The highest BCUT2D eigenvalue weighted by molar-refractivity contribution is 6.31. The average molecular weight is 808 g/mol. The van der Waals surface area contributed by atoms with Crippen molar-refractivity contribution in [3.05, 3.63) is 162 Å². The number of nitrogens with zero attached hydrogens (tertiary/aromatic N) is 5. The first kappa shape index (κ1) is 38.3. The number of aromatic nitrogens is 5. The number of fused-ring (bicyclic) bond motifs is 5. The van der Waals surface area contributed by atoms with Gasteiger partial charge in [-0.25, -0.2) is 28.5 Å². The quantitative estimate of drug-likeness (QED) is 0.206. The van der Waals surface area contributed by atoms with Crippen molar-refractivity contribution >= 4 is 28.2 Å². The number of carbonyl (C=O) groups excluding carboxylic acids is 2. The smallest absolute Gasteiger partial charge is 0.347 e. The van der Waals surface area contributed by atoms with Crippen LogP contribution in [0.5, 0.6) is 23.0 Å². The summed E-state index contributed by atoms with van der Waals surface area (Å²) in [5.74, 6) is -1.80. The number of hydrogen-bond acceptors (Lipinski definition) is 10. The van der Waals surface area contributed by atoms with E-state index in [0.717, 1.165) is 4.57 Å². The number of carbonyl (C=O) groups is 2. The fourth-order valence-electron chi connectivity index (χ4n) is 9.75. The molecule has 0 unspecified atom stereocenters. The van der Waals surface area contributed by atoms with Crippen LogP contribution in [0.3, 0.4) is 0 Å². The number of methoxy groups -OCH3 is 3. The molecule has 0 amide bonds. The molecule has 1 saturated carbocycles. The lowest BCUT2D eigenvalue weighted by Crippen LogP contribution is -2.58. The molecule has 1 N–H and O–H groups in total. The number of hydrogen-bond donors (Lipinski definition) is 1. The van der Waals surface area contributed by atoms with E-state index >= 15 is 9.59 Å². The van der Waals surface area contributed by atoms with Gasteiger partial charge in [-0.3, -0.25) is 14.4 Å². The monoisotopic (exact) mass is 807 g/mol. The highest BCUT2D eigenvalue weighted by atomic mass is 16.5. The van der Waals surface area contributed by atoms with E-state index in [0.29, 0.717) is 44.8 Å². The van der Waals surface area contributed by atoms with Gasteiger partial charge in [0.1, 0.15) is 5.69 Å². The number of phenols is 1. The number of ether oxygens (including phenoxy) is 3. The number of para-hydroxylation sites is 1. The van der Waals surface area contributed by atoms with E-state index in [9.17, 15) is 19.5 Å². The number of ketones is 2. The third-order valence-corrected chi connectivity index (χ3v) is 12.5. The van der Waals surface area contributed by atoms with Crippen LogP contribution in [-0.2, 0) is 41.6 Å². The Kier molecular flexibility index (Phi) is 9.29. The van der Waals surface area contributed by atoms with Crippen LogP contribution >= 0.6 is 0 Å². The molecule has 9 rings (SSSR count). The maximum atomic E-state index is 15.3. The Morgan fingerprint density at radius 1 is 0.817 bits per heavy atom. The Labute approximate surface area is 342 Å². The molecule has 2 aliphatic carbocycles. The molecule has 2 aromatic heterocycles. The first-order chi connectivity index (χ1) is 29.0. The molecular weight excluding hydrogens is 767 g/mol. The zero-order valence-electron chi connectivity index (χ0n) is 33.3. The minimum absolute atomic E-state index is 0.00185. The molecule has 0 saturated heterocycles. The van der Waals surface area contributed by atoms with Gasteiger partial charge in [-0.15, -0.1) is 0 Å². The zero-order valence-corrected chi connectivity index (χ0v) is 33.3. The second kappa shape index (κ2) is 14.6. The molecule has 14 heteroatoms. The summed E-state index contributed by atoms with van der Waals surface area (Å²) in [4.78, 5) is 77.5. The molecule has 0 spiro atoms. The lowest BCUT2D eigenvalue weighted by Gasteiger charge is -2.54. The number of aromatic hydroxyl groups is 1. The summed E-state index contributed by atoms with van der Waals surface area (Å²) >= 11 is 0. The van der Waals surface area contributed by atoms with Gasteiger partial charge in [0.15, 0.2) is 34.6 Å². The Bertz CT molecular complexity index is 2990. The topological polar surface area (TPSA) is 166 Å². The molecule has 304 valence electrons. The molecule has 3 aliphatic rings. The fourth-order valence-corrected chi connectivity index (χ4v) is 9.75. The van der Waals surface area contributed by atoms with E-state index in [1.54, 1.807) is 61.6 Å². The molecule has 0 radical (unpaired) electrons. The number of rotatable bonds is 9. The van der Waals surface area contributed by atoms with Gasteiger partial charge in [0.2, 0.25) is 0 Å². The fraction of sp³-hybridized carbons (Fsp3) is 0.261. The average Bonchev–Trinajstić information content (AvgIpc) is 3.52. The van der Waals surface area contributed by atoms with Crippen LogP contribution < -0.4 is 31.1 Å². The maximum absolute atomic E-state index is 15.3. The van der Waals surface area contributed by atoms with E-state index in [-0.39, 0.29) is 60.3 Å². The van der Waals surface area contributed by atoms with E-state index in [2.05, 4.69) is 4.98 Å². The Morgan fingerprint density at radius 3 is 2.20 bits per heavy atom. The summed E-state index contributed by atoms with van der Waals surface area (Å²) in [5.41, 5.74) is 0.270. The zero-order chi connectivity index (χ0) is 42.0. The summed E-state index contributed by atoms with van der Waals surface area (Å²) in [7, 11) is 6.04. The molecule has 1 aliphatic heterocycles. The van der Waals surface area contributed by atoms with Gasteiger partial charge in [0.25, 0.3) is 5.56 Å². The summed E-state index contributed by atoms with van der Waals surface area (Å²) in [5, 5.41) is 11.9. The predicted molar refractivity (Wildman–Crippen MR) is 222 cm³/mol. The molecule has 4 aromatic carbocycles. The van der Waals surface area contributed by atoms with Gasteiger partial charge >= 0.3 is 11.4 Å². The normalized spacial score (nSPS) is 20.8. The third-order valence-electron chi connectivity index (χ3n) is 12.5. The largest absolute Gasteiger partial charge is 0.504 e. The summed E-state index contributed by atoms with van der Waals surface area (Å²) < 4.78 is 21.6. The van der Waals surface area contributed by atoms with Gasteiger partial charge in [-0.1, -0.05) is 78.9 Å². The van der Waals surface area contributed by atoms with Crippen LogP contribution in [-0.4, -0.2) is 61.5 Å². The second-order valence-electron chi connectivity index (χ2n) is 15.2. The SMILES string of the molecule is COc1cc2nc(CCn3c(=O)n4n(c3=O)[C@@H]3C[C@H]5C(=O)C(c6ccccc6)=CC(=O)[C@@]5(c5ccccc5)[C@@H](c5cccc(OC)c5O)C3=CC4)c(=O)n(C)c2cc1OC. The molecule has 4 atom stereocenters. The first-order valence-electron chi connectivity index (χ1n) is 19.6. The van der Waals surface area contributed by atoms with Crippen molar-refractivity contribution in [1.82, 2.24) is 23.5 Å². The van der Waals surface area contributed by atoms with Crippen molar-refractivity contribution in [2.24, 2.45) is 13.0 Å². The van der Waals surface area contributed by atoms with Crippen LogP contribution in [0.25, 0.3) is 16.6 Å². The highest BCUT2D eigenvalue weighted by Crippen LogP contribution is 2.62. The van der Waals surface area contributed by atoms with Gasteiger partial charge in [0, 0.05) is 55.1 Å². The van der Waals surface area contributed by atoms with Gasteiger partial charge in [-0.05, 0) is 35.3 Å². The standard InChI is InChI=1S/C46H41N5O9/c1-48-35-25-38(60-4)37(59-3)24-33(35)47-32(43(48)55)19-20-49-44(56)50-21-18-28-34(51(50)45(49)57)23-31-41(53)30(26-12-7-5-8-13-26)22-39(52)46(31,27-14-9-6-10-15-27)40(28)29-16-11-17-36(58-2)42(29)54/h5-18,22,24-25,31,34,40,54H,19-21,23H2,1-4H3/t31-,34+,40+,46-/m0/s1. The van der Waals surface area contributed by atoms with Crippen molar-refractivity contribution < 1.29 is 28.9 Å². The summed E-state index contributed by atoms with van der Waals surface area (Å²) in [6.45, 7) is -0.196. The minimum Gasteiger partial charge on any atom is -0.504 e. The van der Waals surface area contributed by atoms with Crippen molar-refractivity contribution in [3.63, 3.8) is 0 Å². The van der Waals surface area contributed by atoms with E-state index < -0.39 is 40.2 Å². The second-order valence-corrected chi connectivity index (χ2v) is 15.2. The molecule has 1 fully saturated rings. The lowest BCUT2D eigenvalue weighted by atomic mass is 9.47. The van der Waals surface area contributed by atoms with E-state index in [4.69, 9.17) is 14.2 Å². The molecular formula is C46H41N5O9. The van der Waals surface area contributed by atoms with Crippen molar-refractivity contribution in [3.8, 4) is 23.0 Å². The summed E-state index contributed by atoms with van der Waals surface area (Å²) in [6, 6.07) is 25.6. The molecule has 0 bridgehead atoms.